The minimum Gasteiger partial charge on any atom is -0.496 e. The molecule has 3 aromatic rings. The molecular formula is C29H34O6. The van der Waals surface area contributed by atoms with Crippen LogP contribution in [0, 0.1) is 5.92 Å². The van der Waals surface area contributed by atoms with E-state index >= 15 is 0 Å². The van der Waals surface area contributed by atoms with E-state index in [0.717, 1.165) is 11.1 Å². The van der Waals surface area contributed by atoms with Crippen molar-refractivity contribution < 1.29 is 28.5 Å². The summed E-state index contributed by atoms with van der Waals surface area (Å²) >= 11 is 0. The largest absolute Gasteiger partial charge is 0.496 e. The number of esters is 1. The lowest BCUT2D eigenvalue weighted by atomic mass is 9.95. The zero-order chi connectivity index (χ0) is 25.0. The number of carbonyl (C=O) groups is 1. The summed E-state index contributed by atoms with van der Waals surface area (Å²) in [6, 6.07) is 25.0. The van der Waals surface area contributed by atoms with E-state index in [1.807, 2.05) is 85.8 Å². The van der Waals surface area contributed by atoms with E-state index < -0.39 is 12.2 Å². The fourth-order valence-corrected chi connectivity index (χ4v) is 3.98. The molecule has 6 nitrogen and oxygen atoms in total. The molecule has 186 valence electrons. The molecule has 0 fully saturated rings. The molecule has 0 aliphatic carbocycles. The first-order chi connectivity index (χ1) is 17.1. The first kappa shape index (κ1) is 26.3. The Hall–Kier alpha value is -3.35. The maximum absolute atomic E-state index is 13.4. The van der Waals surface area contributed by atoms with E-state index in [0.29, 0.717) is 36.7 Å². The summed E-state index contributed by atoms with van der Waals surface area (Å²) in [6.45, 7) is 2.57. The summed E-state index contributed by atoms with van der Waals surface area (Å²) in [4.78, 5) is 13.4. The fraction of sp³-hybridized carbons (Fsp3) is 0.345. The summed E-state index contributed by atoms with van der Waals surface area (Å²) in [6.07, 6.45) is -0.849. The normalized spacial score (nSPS) is 13.5. The fourth-order valence-electron chi connectivity index (χ4n) is 3.98. The zero-order valence-electron chi connectivity index (χ0n) is 20.8. The Morgan fingerprint density at radius 2 is 1.26 bits per heavy atom. The monoisotopic (exact) mass is 478 g/mol. The second-order valence-corrected chi connectivity index (χ2v) is 8.22. The summed E-state index contributed by atoms with van der Waals surface area (Å²) in [5, 5.41) is 0. The van der Waals surface area contributed by atoms with E-state index in [4.69, 9.17) is 23.7 Å². The van der Waals surface area contributed by atoms with Gasteiger partial charge in [-0.2, -0.15) is 0 Å². The lowest BCUT2D eigenvalue weighted by molar-refractivity contribution is -0.164. The van der Waals surface area contributed by atoms with Crippen molar-refractivity contribution >= 4 is 5.97 Å². The van der Waals surface area contributed by atoms with E-state index in [1.165, 1.54) is 0 Å². The number of hydrogen-bond donors (Lipinski definition) is 0. The Kier molecular flexibility index (Phi) is 10.1. The van der Waals surface area contributed by atoms with Gasteiger partial charge in [-0.1, -0.05) is 73.7 Å². The van der Waals surface area contributed by atoms with Gasteiger partial charge in [0, 0.05) is 18.2 Å². The number of carbonyl (C=O) groups excluding carboxylic acids is 1. The van der Waals surface area contributed by atoms with Crippen molar-refractivity contribution in [2.75, 3.05) is 34.5 Å². The molecule has 0 aromatic heterocycles. The number of rotatable bonds is 13. The Labute approximate surface area is 207 Å². The highest BCUT2D eigenvalue weighted by atomic mass is 16.6. The predicted molar refractivity (Wildman–Crippen MR) is 135 cm³/mol. The molecule has 6 heteroatoms. The first-order valence-electron chi connectivity index (χ1n) is 11.7. The maximum Gasteiger partial charge on any atom is 0.309 e. The van der Waals surface area contributed by atoms with Gasteiger partial charge in [0.2, 0.25) is 0 Å². The van der Waals surface area contributed by atoms with Crippen LogP contribution in [0.3, 0.4) is 0 Å². The Bertz CT molecular complexity index is 1050. The molecule has 0 bridgehead atoms. The van der Waals surface area contributed by atoms with E-state index in [1.54, 1.807) is 21.3 Å². The molecule has 3 rings (SSSR count). The molecule has 0 aliphatic heterocycles. The lowest BCUT2D eigenvalue weighted by Crippen LogP contribution is -2.26. The number of ether oxygens (including phenoxy) is 5. The third-order valence-electron chi connectivity index (χ3n) is 5.78. The highest BCUT2D eigenvalue weighted by Crippen LogP contribution is 2.42. The van der Waals surface area contributed by atoms with Gasteiger partial charge >= 0.3 is 5.97 Å². The van der Waals surface area contributed by atoms with Gasteiger partial charge in [0.1, 0.15) is 17.6 Å². The van der Waals surface area contributed by atoms with Gasteiger partial charge in [-0.25, -0.2) is 0 Å². The van der Waals surface area contributed by atoms with Gasteiger partial charge in [0.25, 0.3) is 0 Å². The summed E-state index contributed by atoms with van der Waals surface area (Å²) in [5.41, 5.74) is 2.55. The molecule has 0 saturated heterocycles. The van der Waals surface area contributed by atoms with E-state index in [9.17, 15) is 4.79 Å². The number of hydrogen-bond acceptors (Lipinski definition) is 6. The predicted octanol–water partition coefficient (Wildman–Crippen LogP) is 5.57. The molecule has 0 radical (unpaired) electrons. The van der Waals surface area contributed by atoms with Crippen molar-refractivity contribution in [3.63, 3.8) is 0 Å². The summed E-state index contributed by atoms with van der Waals surface area (Å²) in [5.74, 6) is 0.575. The molecule has 3 atom stereocenters. The summed E-state index contributed by atoms with van der Waals surface area (Å²) < 4.78 is 29.0. The molecule has 35 heavy (non-hydrogen) atoms. The Morgan fingerprint density at radius 3 is 1.83 bits per heavy atom. The van der Waals surface area contributed by atoms with E-state index in [-0.39, 0.29) is 11.9 Å². The van der Waals surface area contributed by atoms with Crippen LogP contribution in [0.1, 0.15) is 35.8 Å². The molecule has 0 N–H and O–H groups in total. The van der Waals surface area contributed by atoms with Crippen LogP contribution in [0.15, 0.2) is 78.9 Å². The average Bonchev–Trinajstić information content (AvgIpc) is 2.90. The maximum atomic E-state index is 13.4. The number of methoxy groups -OCH3 is 3. The summed E-state index contributed by atoms with van der Waals surface area (Å²) in [7, 11) is 4.82. The van der Waals surface area contributed by atoms with E-state index in [2.05, 4.69) is 0 Å². The third-order valence-corrected chi connectivity index (χ3v) is 5.78. The van der Waals surface area contributed by atoms with Crippen LogP contribution in [0.4, 0.5) is 0 Å². The van der Waals surface area contributed by atoms with Crippen molar-refractivity contribution in [2.45, 2.75) is 25.6 Å². The van der Waals surface area contributed by atoms with Crippen molar-refractivity contribution in [2.24, 2.45) is 5.92 Å². The first-order valence-corrected chi connectivity index (χ1v) is 11.7. The van der Waals surface area contributed by atoms with Crippen LogP contribution < -0.4 is 9.47 Å². The molecule has 1 unspecified atom stereocenters. The highest BCUT2D eigenvalue weighted by molar-refractivity contribution is 5.73. The molecule has 3 aromatic carbocycles. The average molecular weight is 479 g/mol. The highest BCUT2D eigenvalue weighted by Gasteiger charge is 2.34. The van der Waals surface area contributed by atoms with Crippen LogP contribution in [-0.2, 0) is 25.4 Å². The second kappa shape index (κ2) is 13.5. The minimum atomic E-state index is -0.773. The van der Waals surface area contributed by atoms with Crippen molar-refractivity contribution in [3.8, 4) is 11.5 Å². The molecule has 0 saturated carbocycles. The topological polar surface area (TPSA) is 63.2 Å². The Balaban J connectivity index is 2.00. The Morgan fingerprint density at radius 1 is 0.714 bits per heavy atom. The van der Waals surface area contributed by atoms with Gasteiger partial charge < -0.3 is 23.7 Å². The second-order valence-electron chi connectivity index (χ2n) is 8.22. The van der Waals surface area contributed by atoms with Crippen molar-refractivity contribution in [3.05, 3.63) is 95.6 Å². The zero-order valence-corrected chi connectivity index (χ0v) is 20.8. The van der Waals surface area contributed by atoms with Gasteiger partial charge in [-0.05, 0) is 24.1 Å². The standard InChI is InChI=1S/C29H34O6/c1-21(20-22-12-6-5-7-13-22)29(30)35-28(24-15-9-11-17-26(24)33-4)27(34-19-18-31-2)23-14-8-10-16-25(23)32-3/h5-17,21,27-28H,18-20H2,1-4H3/t21?,27-,28+/m0/s1. The van der Waals surface area contributed by atoms with Gasteiger partial charge in [-0.15, -0.1) is 0 Å². The van der Waals surface area contributed by atoms with Crippen LogP contribution in [0.5, 0.6) is 11.5 Å². The van der Waals surface area contributed by atoms with Crippen LogP contribution in [0.2, 0.25) is 0 Å². The van der Waals surface area contributed by atoms with Crippen LogP contribution >= 0.6 is 0 Å². The SMILES string of the molecule is COCCO[C@@H](c1ccccc1OC)[C@H](OC(=O)C(C)Cc1ccccc1)c1ccccc1OC. The van der Waals surface area contributed by atoms with Gasteiger partial charge in [-0.3, -0.25) is 4.79 Å². The number of para-hydroxylation sites is 2. The molecule has 0 spiro atoms. The lowest BCUT2D eigenvalue weighted by Gasteiger charge is -2.30. The van der Waals surface area contributed by atoms with Crippen LogP contribution in [0.25, 0.3) is 0 Å². The van der Waals surface area contributed by atoms with Crippen molar-refractivity contribution in [1.29, 1.82) is 0 Å². The van der Waals surface area contributed by atoms with Crippen LogP contribution in [-0.4, -0.2) is 40.5 Å². The molecule has 0 heterocycles. The molecule has 0 aliphatic rings. The van der Waals surface area contributed by atoms with Gasteiger partial charge in [0.05, 0.1) is 33.4 Å². The number of benzene rings is 3. The quantitative estimate of drug-likeness (QED) is 0.236. The van der Waals surface area contributed by atoms with Crippen molar-refractivity contribution in [1.82, 2.24) is 0 Å². The minimum absolute atomic E-state index is 0.308. The smallest absolute Gasteiger partial charge is 0.309 e. The molecule has 0 amide bonds. The third kappa shape index (κ3) is 7.07. The van der Waals surface area contributed by atoms with Gasteiger partial charge in [0.15, 0.2) is 6.10 Å². The molecular weight excluding hydrogens is 444 g/mol.